The summed E-state index contributed by atoms with van der Waals surface area (Å²) in [5.41, 5.74) is 1.72. The van der Waals surface area contributed by atoms with Crippen molar-refractivity contribution >= 4 is 6.08 Å². The standard InChI is InChI=1S/C25H31NO3/c1-29-23-18-20(12-13-22(23)27)24-21-11-5-6-14-25(21,28)15-17-26(24)16-7-10-19-8-3-2-4-9-19/h2-4,7-10,12-13,18,21,24,27-28H,5-6,11,14-17H2,1H3/b10-7+/t21-,24+,25-/m1/s1. The largest absolute Gasteiger partial charge is 0.504 e. The minimum absolute atomic E-state index is 0.115. The number of nitrogens with zero attached hydrogens (tertiary/aromatic N) is 1. The van der Waals surface area contributed by atoms with Crippen molar-refractivity contribution in [2.24, 2.45) is 5.92 Å². The lowest BCUT2D eigenvalue weighted by Gasteiger charge is -2.52. The molecule has 1 heterocycles. The van der Waals surface area contributed by atoms with Crippen molar-refractivity contribution in [2.75, 3.05) is 20.2 Å². The molecule has 4 heteroatoms. The maximum Gasteiger partial charge on any atom is 0.160 e. The SMILES string of the molecule is COc1cc([C@H]2[C@H]3CCCC[C@@]3(O)CCN2C/C=C/c2ccccc2)ccc1O. The maximum absolute atomic E-state index is 11.4. The summed E-state index contributed by atoms with van der Waals surface area (Å²) in [5, 5.41) is 21.5. The Morgan fingerprint density at radius 1 is 1.14 bits per heavy atom. The molecule has 1 saturated carbocycles. The molecule has 0 bridgehead atoms. The van der Waals surface area contributed by atoms with E-state index in [9.17, 15) is 10.2 Å². The fraction of sp³-hybridized carbons (Fsp3) is 0.440. The number of piperidine rings is 1. The average molecular weight is 394 g/mol. The van der Waals surface area contributed by atoms with Crippen molar-refractivity contribution in [3.05, 3.63) is 65.7 Å². The Labute approximate surface area is 173 Å². The summed E-state index contributed by atoms with van der Waals surface area (Å²) in [4.78, 5) is 2.47. The summed E-state index contributed by atoms with van der Waals surface area (Å²) in [5.74, 6) is 0.845. The zero-order chi connectivity index (χ0) is 20.3. The third-order valence-electron chi connectivity index (χ3n) is 6.67. The number of aromatic hydroxyl groups is 1. The van der Waals surface area contributed by atoms with E-state index in [0.717, 1.165) is 50.8 Å². The van der Waals surface area contributed by atoms with Crippen LogP contribution in [0.1, 0.15) is 49.3 Å². The second-order valence-electron chi connectivity index (χ2n) is 8.39. The number of phenols is 1. The first-order valence-electron chi connectivity index (χ1n) is 10.7. The monoisotopic (exact) mass is 393 g/mol. The van der Waals surface area contributed by atoms with Crippen LogP contribution in [0.5, 0.6) is 11.5 Å². The lowest BCUT2D eigenvalue weighted by Crippen LogP contribution is -2.54. The van der Waals surface area contributed by atoms with Crippen LogP contribution in [0.15, 0.2) is 54.6 Å². The predicted octanol–water partition coefficient (Wildman–Crippen LogP) is 4.78. The van der Waals surface area contributed by atoms with Gasteiger partial charge in [-0.25, -0.2) is 0 Å². The highest BCUT2D eigenvalue weighted by Gasteiger charge is 2.48. The Hall–Kier alpha value is -2.30. The van der Waals surface area contributed by atoms with Crippen LogP contribution in [-0.4, -0.2) is 40.9 Å². The second kappa shape index (κ2) is 8.60. The molecule has 154 valence electrons. The van der Waals surface area contributed by atoms with E-state index >= 15 is 0 Å². The van der Waals surface area contributed by atoms with Gasteiger partial charge in [0.2, 0.25) is 0 Å². The first-order chi connectivity index (χ1) is 14.1. The fourth-order valence-electron chi connectivity index (χ4n) is 5.16. The molecule has 3 atom stereocenters. The lowest BCUT2D eigenvalue weighted by atomic mass is 9.66. The van der Waals surface area contributed by atoms with E-state index in [1.807, 2.05) is 30.3 Å². The van der Waals surface area contributed by atoms with E-state index < -0.39 is 5.60 Å². The molecule has 0 radical (unpaired) electrons. The fourth-order valence-corrected chi connectivity index (χ4v) is 5.16. The van der Waals surface area contributed by atoms with Gasteiger partial charge in [0.05, 0.1) is 12.7 Å². The van der Waals surface area contributed by atoms with Gasteiger partial charge in [-0.2, -0.15) is 0 Å². The molecule has 2 fully saturated rings. The number of benzene rings is 2. The molecule has 0 amide bonds. The summed E-state index contributed by atoms with van der Waals surface area (Å²) in [6, 6.07) is 16.1. The molecule has 0 unspecified atom stereocenters. The van der Waals surface area contributed by atoms with Gasteiger partial charge in [-0.05, 0) is 42.5 Å². The average Bonchev–Trinajstić information content (AvgIpc) is 2.75. The van der Waals surface area contributed by atoms with Crippen molar-refractivity contribution < 1.29 is 14.9 Å². The van der Waals surface area contributed by atoms with Gasteiger partial charge in [0.1, 0.15) is 0 Å². The Bertz CT molecular complexity index is 850. The van der Waals surface area contributed by atoms with Gasteiger partial charge in [-0.1, -0.05) is 61.4 Å². The van der Waals surface area contributed by atoms with Gasteiger partial charge in [-0.15, -0.1) is 0 Å². The zero-order valence-corrected chi connectivity index (χ0v) is 17.1. The van der Waals surface area contributed by atoms with Crippen LogP contribution >= 0.6 is 0 Å². The third-order valence-corrected chi connectivity index (χ3v) is 6.67. The van der Waals surface area contributed by atoms with E-state index in [1.165, 1.54) is 5.56 Å². The molecule has 1 aliphatic carbocycles. The van der Waals surface area contributed by atoms with Gasteiger partial charge in [0.15, 0.2) is 11.5 Å². The topological polar surface area (TPSA) is 52.9 Å². The number of hydrogen-bond acceptors (Lipinski definition) is 4. The molecular formula is C25H31NO3. The number of hydrogen-bond donors (Lipinski definition) is 2. The van der Waals surface area contributed by atoms with Gasteiger partial charge < -0.3 is 14.9 Å². The maximum atomic E-state index is 11.4. The number of likely N-dealkylation sites (tertiary alicyclic amines) is 1. The zero-order valence-electron chi connectivity index (χ0n) is 17.1. The van der Waals surface area contributed by atoms with Crippen molar-refractivity contribution in [3.8, 4) is 11.5 Å². The predicted molar refractivity (Wildman–Crippen MR) is 116 cm³/mol. The highest BCUT2D eigenvalue weighted by molar-refractivity contribution is 5.49. The molecular weight excluding hydrogens is 362 g/mol. The van der Waals surface area contributed by atoms with Crippen molar-refractivity contribution in [1.29, 1.82) is 0 Å². The summed E-state index contributed by atoms with van der Waals surface area (Å²) in [6.45, 7) is 1.69. The highest BCUT2D eigenvalue weighted by Crippen LogP contribution is 2.50. The molecule has 1 aliphatic heterocycles. The smallest absolute Gasteiger partial charge is 0.160 e. The number of ether oxygens (including phenoxy) is 1. The molecule has 2 N–H and O–H groups in total. The van der Waals surface area contributed by atoms with E-state index in [0.29, 0.717) is 5.75 Å². The van der Waals surface area contributed by atoms with Gasteiger partial charge in [0.25, 0.3) is 0 Å². The van der Waals surface area contributed by atoms with Crippen LogP contribution in [0, 0.1) is 5.92 Å². The van der Waals surface area contributed by atoms with E-state index in [4.69, 9.17) is 4.74 Å². The molecule has 0 spiro atoms. The molecule has 0 aromatic heterocycles. The molecule has 4 rings (SSSR count). The van der Waals surface area contributed by atoms with Gasteiger partial charge >= 0.3 is 0 Å². The first-order valence-corrected chi connectivity index (χ1v) is 10.7. The van der Waals surface area contributed by atoms with Crippen LogP contribution in [0.4, 0.5) is 0 Å². The Balaban J connectivity index is 1.63. The molecule has 29 heavy (non-hydrogen) atoms. The number of rotatable bonds is 5. The lowest BCUT2D eigenvalue weighted by molar-refractivity contribution is -0.122. The third kappa shape index (κ3) is 4.19. The van der Waals surface area contributed by atoms with Crippen LogP contribution in [0.2, 0.25) is 0 Å². The van der Waals surface area contributed by atoms with E-state index in [2.05, 4.69) is 29.2 Å². The Morgan fingerprint density at radius 3 is 2.76 bits per heavy atom. The second-order valence-corrected chi connectivity index (χ2v) is 8.39. The minimum Gasteiger partial charge on any atom is -0.504 e. The summed E-state index contributed by atoms with van der Waals surface area (Å²) < 4.78 is 5.37. The summed E-state index contributed by atoms with van der Waals surface area (Å²) >= 11 is 0. The summed E-state index contributed by atoms with van der Waals surface area (Å²) in [6.07, 6.45) is 9.38. The number of fused-ring (bicyclic) bond motifs is 1. The van der Waals surface area contributed by atoms with E-state index in [-0.39, 0.29) is 17.7 Å². The Morgan fingerprint density at radius 2 is 1.97 bits per heavy atom. The van der Waals surface area contributed by atoms with Crippen LogP contribution in [-0.2, 0) is 0 Å². The molecule has 2 aliphatic rings. The normalized spacial score (nSPS) is 27.7. The van der Waals surface area contributed by atoms with Gasteiger partial charge in [-0.3, -0.25) is 4.90 Å². The number of aliphatic hydroxyl groups is 1. The molecule has 1 saturated heterocycles. The highest BCUT2D eigenvalue weighted by atomic mass is 16.5. The van der Waals surface area contributed by atoms with Crippen molar-refractivity contribution in [3.63, 3.8) is 0 Å². The van der Waals surface area contributed by atoms with Crippen LogP contribution in [0.3, 0.4) is 0 Å². The quantitative estimate of drug-likeness (QED) is 0.767. The summed E-state index contributed by atoms with van der Waals surface area (Å²) in [7, 11) is 1.58. The van der Waals surface area contributed by atoms with Crippen LogP contribution < -0.4 is 4.74 Å². The van der Waals surface area contributed by atoms with Crippen molar-refractivity contribution in [1.82, 2.24) is 4.90 Å². The molecule has 2 aromatic rings. The molecule has 2 aromatic carbocycles. The van der Waals surface area contributed by atoms with Crippen LogP contribution in [0.25, 0.3) is 6.08 Å². The van der Waals surface area contributed by atoms with Gasteiger partial charge in [0, 0.05) is 25.0 Å². The number of phenolic OH excluding ortho intramolecular Hbond substituents is 1. The minimum atomic E-state index is -0.590. The van der Waals surface area contributed by atoms with Crippen molar-refractivity contribution in [2.45, 2.75) is 43.7 Å². The molecule has 4 nitrogen and oxygen atoms in total. The Kier molecular flexibility index (Phi) is 5.93. The van der Waals surface area contributed by atoms with E-state index in [1.54, 1.807) is 13.2 Å². The first kappa shape index (κ1) is 20.0. The number of methoxy groups -OCH3 is 1.